The van der Waals surface area contributed by atoms with Crippen LogP contribution in [0.5, 0.6) is 0 Å². The third-order valence-corrected chi connectivity index (χ3v) is 4.20. The largest absolute Gasteiger partial charge is 0.309 e. The second-order valence-electron chi connectivity index (χ2n) is 6.43. The average Bonchev–Trinajstić information content (AvgIpc) is 3.02. The molecule has 2 heterocycles. The van der Waals surface area contributed by atoms with Gasteiger partial charge in [-0.2, -0.15) is 5.10 Å². The molecule has 2 aromatic rings. The highest BCUT2D eigenvalue weighted by Crippen LogP contribution is 2.31. The Kier molecular flexibility index (Phi) is 5.11. The molecule has 0 aliphatic carbocycles. The van der Waals surface area contributed by atoms with Gasteiger partial charge in [0.05, 0.1) is 22.3 Å². The second kappa shape index (κ2) is 6.66. The van der Waals surface area contributed by atoms with Gasteiger partial charge in [-0.15, -0.1) is 5.10 Å². The highest BCUT2D eigenvalue weighted by atomic mass is 32.1. The quantitative estimate of drug-likeness (QED) is 0.891. The number of hydrogen-bond acceptors (Lipinski definition) is 5. The molecule has 0 saturated carbocycles. The molecule has 2 rings (SSSR count). The van der Waals surface area contributed by atoms with Crippen LogP contribution >= 0.6 is 11.5 Å². The van der Waals surface area contributed by atoms with Crippen molar-refractivity contribution >= 4 is 11.5 Å². The van der Waals surface area contributed by atoms with Crippen molar-refractivity contribution in [2.24, 2.45) is 7.05 Å². The summed E-state index contributed by atoms with van der Waals surface area (Å²) < 4.78 is 6.04. The summed E-state index contributed by atoms with van der Waals surface area (Å²) >= 11 is 1.50. The molecule has 6 heteroatoms. The highest BCUT2D eigenvalue weighted by Gasteiger charge is 2.27. The van der Waals surface area contributed by atoms with Crippen LogP contribution in [0.4, 0.5) is 0 Å². The van der Waals surface area contributed by atoms with Gasteiger partial charge in [0.15, 0.2) is 0 Å². The molecule has 1 N–H and O–H groups in total. The molecule has 21 heavy (non-hydrogen) atoms. The van der Waals surface area contributed by atoms with Crippen molar-refractivity contribution in [3.63, 3.8) is 0 Å². The van der Waals surface area contributed by atoms with Crippen LogP contribution in [0, 0.1) is 0 Å². The van der Waals surface area contributed by atoms with Gasteiger partial charge in [0, 0.05) is 25.1 Å². The predicted molar refractivity (Wildman–Crippen MR) is 86.6 cm³/mol. The Labute approximate surface area is 130 Å². The van der Waals surface area contributed by atoms with E-state index in [4.69, 9.17) is 0 Å². The fraction of sp³-hybridized carbons (Fsp3) is 0.667. The molecule has 0 aliphatic heterocycles. The van der Waals surface area contributed by atoms with Crippen molar-refractivity contribution in [2.45, 2.75) is 52.0 Å². The number of hydrogen-bond donors (Lipinski definition) is 1. The molecular formula is C15H25N5S. The van der Waals surface area contributed by atoms with Crippen molar-refractivity contribution in [2.75, 3.05) is 6.54 Å². The third-order valence-electron chi connectivity index (χ3n) is 3.36. The van der Waals surface area contributed by atoms with Gasteiger partial charge in [0.2, 0.25) is 0 Å². The summed E-state index contributed by atoms with van der Waals surface area (Å²) in [5.74, 6) is 0. The standard InChI is InChI=1S/C15H25N5S/c1-6-8-16-12(10-11-7-9-20(5)18-11)13-14(15(2,3)4)17-19-21-13/h7,9,12,16H,6,8,10H2,1-5H3. The minimum Gasteiger partial charge on any atom is -0.309 e. The Balaban J connectivity index is 2.25. The van der Waals surface area contributed by atoms with Gasteiger partial charge in [-0.1, -0.05) is 32.2 Å². The van der Waals surface area contributed by atoms with E-state index < -0.39 is 0 Å². The van der Waals surface area contributed by atoms with Crippen LogP contribution in [0.2, 0.25) is 0 Å². The maximum absolute atomic E-state index is 4.50. The first-order chi connectivity index (χ1) is 9.91. The second-order valence-corrected chi connectivity index (χ2v) is 7.21. The van der Waals surface area contributed by atoms with E-state index >= 15 is 0 Å². The number of nitrogens with zero attached hydrogens (tertiary/aromatic N) is 4. The average molecular weight is 307 g/mol. The van der Waals surface area contributed by atoms with E-state index in [9.17, 15) is 0 Å². The molecular weight excluding hydrogens is 282 g/mol. The minimum atomic E-state index is 0.0125. The van der Waals surface area contributed by atoms with E-state index in [1.165, 1.54) is 16.4 Å². The highest BCUT2D eigenvalue weighted by molar-refractivity contribution is 7.05. The molecule has 0 saturated heterocycles. The first-order valence-electron chi connectivity index (χ1n) is 7.46. The lowest BCUT2D eigenvalue weighted by molar-refractivity contribution is 0.499. The molecule has 0 fully saturated rings. The van der Waals surface area contributed by atoms with E-state index in [-0.39, 0.29) is 11.5 Å². The number of rotatable bonds is 6. The summed E-state index contributed by atoms with van der Waals surface area (Å²) in [6.07, 6.45) is 3.96. The van der Waals surface area contributed by atoms with Gasteiger partial charge in [-0.05, 0) is 30.6 Å². The summed E-state index contributed by atoms with van der Waals surface area (Å²) in [5.41, 5.74) is 2.20. The molecule has 0 aliphatic rings. The summed E-state index contributed by atoms with van der Waals surface area (Å²) in [6, 6.07) is 2.31. The molecule has 0 radical (unpaired) electrons. The SMILES string of the molecule is CCCNC(Cc1ccn(C)n1)c1snnc1C(C)(C)C. The maximum Gasteiger partial charge on any atom is 0.0857 e. The Hall–Kier alpha value is -1.27. The molecule has 0 aromatic carbocycles. The molecule has 1 atom stereocenters. The first-order valence-corrected chi connectivity index (χ1v) is 8.23. The van der Waals surface area contributed by atoms with Gasteiger partial charge in [0.25, 0.3) is 0 Å². The molecule has 1 unspecified atom stereocenters. The number of nitrogens with one attached hydrogen (secondary N) is 1. The smallest absolute Gasteiger partial charge is 0.0857 e. The lowest BCUT2D eigenvalue weighted by atomic mass is 9.89. The summed E-state index contributed by atoms with van der Waals surface area (Å²) in [4.78, 5) is 1.24. The molecule has 0 amide bonds. The lowest BCUT2D eigenvalue weighted by Gasteiger charge is -2.22. The van der Waals surface area contributed by atoms with Crippen LogP contribution < -0.4 is 5.32 Å². The zero-order chi connectivity index (χ0) is 15.5. The van der Waals surface area contributed by atoms with E-state index in [1.807, 2.05) is 17.9 Å². The van der Waals surface area contributed by atoms with Crippen molar-refractivity contribution in [3.8, 4) is 0 Å². The number of aryl methyl sites for hydroxylation is 1. The zero-order valence-electron chi connectivity index (χ0n) is 13.6. The van der Waals surface area contributed by atoms with Crippen LogP contribution in [-0.4, -0.2) is 25.9 Å². The normalized spacial score (nSPS) is 13.6. The van der Waals surface area contributed by atoms with Crippen molar-refractivity contribution in [3.05, 3.63) is 28.5 Å². The maximum atomic E-state index is 4.50. The monoisotopic (exact) mass is 307 g/mol. The van der Waals surface area contributed by atoms with Gasteiger partial charge < -0.3 is 5.32 Å². The van der Waals surface area contributed by atoms with E-state index in [1.54, 1.807) is 0 Å². The van der Waals surface area contributed by atoms with E-state index in [2.05, 4.69) is 53.8 Å². The van der Waals surface area contributed by atoms with Crippen molar-refractivity contribution in [1.82, 2.24) is 24.7 Å². The first kappa shape index (κ1) is 16.1. The fourth-order valence-electron chi connectivity index (χ4n) is 2.30. The third kappa shape index (κ3) is 4.11. The molecule has 5 nitrogen and oxygen atoms in total. The molecule has 0 bridgehead atoms. The van der Waals surface area contributed by atoms with Crippen molar-refractivity contribution in [1.29, 1.82) is 0 Å². The van der Waals surface area contributed by atoms with E-state index in [0.717, 1.165) is 30.8 Å². The van der Waals surface area contributed by atoms with Crippen LogP contribution in [0.25, 0.3) is 0 Å². The Bertz CT molecular complexity index is 567. The van der Waals surface area contributed by atoms with Crippen LogP contribution in [-0.2, 0) is 18.9 Å². The van der Waals surface area contributed by atoms with E-state index in [0.29, 0.717) is 0 Å². The fourth-order valence-corrected chi connectivity index (χ4v) is 3.24. The Morgan fingerprint density at radius 2 is 2.14 bits per heavy atom. The van der Waals surface area contributed by atoms with Gasteiger partial charge >= 0.3 is 0 Å². The van der Waals surface area contributed by atoms with Gasteiger partial charge in [-0.25, -0.2) is 0 Å². The van der Waals surface area contributed by atoms with Crippen LogP contribution in [0.15, 0.2) is 12.3 Å². The Morgan fingerprint density at radius 1 is 1.38 bits per heavy atom. The summed E-state index contributed by atoms with van der Waals surface area (Å²) in [6.45, 7) is 9.72. The van der Waals surface area contributed by atoms with Crippen molar-refractivity contribution < 1.29 is 0 Å². The molecule has 116 valence electrons. The van der Waals surface area contributed by atoms with Gasteiger partial charge in [0.1, 0.15) is 0 Å². The topological polar surface area (TPSA) is 55.6 Å². The molecule has 0 spiro atoms. The Morgan fingerprint density at radius 3 is 2.71 bits per heavy atom. The molecule has 2 aromatic heterocycles. The number of aromatic nitrogens is 4. The van der Waals surface area contributed by atoms with Crippen LogP contribution in [0.1, 0.15) is 56.4 Å². The van der Waals surface area contributed by atoms with Gasteiger partial charge in [-0.3, -0.25) is 4.68 Å². The lowest BCUT2D eigenvalue weighted by Crippen LogP contribution is -2.26. The zero-order valence-corrected chi connectivity index (χ0v) is 14.4. The predicted octanol–water partition coefficient (Wildman–Crippen LogP) is 2.85. The minimum absolute atomic E-state index is 0.0125. The summed E-state index contributed by atoms with van der Waals surface area (Å²) in [7, 11) is 1.95. The van der Waals surface area contributed by atoms with Crippen LogP contribution in [0.3, 0.4) is 0 Å². The summed E-state index contributed by atoms with van der Waals surface area (Å²) in [5, 5.41) is 12.5.